The fourth-order valence-corrected chi connectivity index (χ4v) is 6.68. The van der Waals surface area contributed by atoms with Crippen LogP contribution in [-0.2, 0) is 4.79 Å². The molecule has 0 bridgehead atoms. The maximum atomic E-state index is 13.5. The molecule has 1 saturated heterocycles. The normalized spacial score (nSPS) is 14.8. The first kappa shape index (κ1) is 41.4. The molecule has 0 N–H and O–H groups in total. The second-order valence-electron chi connectivity index (χ2n) is 15.0. The molecule has 0 aliphatic carbocycles. The highest BCUT2D eigenvalue weighted by molar-refractivity contribution is 5.78. The van der Waals surface area contributed by atoms with Gasteiger partial charge >= 0.3 is 0 Å². The van der Waals surface area contributed by atoms with Crippen molar-refractivity contribution in [3.63, 3.8) is 0 Å². The zero-order valence-corrected chi connectivity index (χ0v) is 31.1. The molecule has 5 heteroatoms. The monoisotopic (exact) mass is 621 g/mol. The van der Waals surface area contributed by atoms with Crippen molar-refractivity contribution < 1.29 is 4.79 Å². The second kappa shape index (κ2) is 27.5. The number of hydrogen-bond acceptors (Lipinski definition) is 4. The molecule has 262 valence electrons. The molecular formula is C39H80N4O. The van der Waals surface area contributed by atoms with Gasteiger partial charge in [0.05, 0.1) is 6.54 Å². The lowest BCUT2D eigenvalue weighted by atomic mass is 10.0. The standard InChI is InChI=1S/C39H80N4O/c1-7-10-13-16-19-22-25-28-40(29-26-23-20-17-14-11-8-2)31-32-41(30-27-24-21-18-15-12-9-3)37-38(44)42-33-35-43(36-34-42)39(4,5)6/h7-37H2,1-6H3. The van der Waals surface area contributed by atoms with Gasteiger partial charge in [-0.05, 0) is 59.7 Å². The minimum atomic E-state index is 0.187. The number of carbonyl (C=O) groups excluding carboxylic acids is 1. The Morgan fingerprint density at radius 1 is 0.477 bits per heavy atom. The van der Waals surface area contributed by atoms with E-state index in [1.165, 1.54) is 148 Å². The Morgan fingerprint density at radius 3 is 1.20 bits per heavy atom. The summed E-state index contributed by atoms with van der Waals surface area (Å²) >= 11 is 0. The summed E-state index contributed by atoms with van der Waals surface area (Å²) in [5.74, 6) is 0.354. The first-order valence-corrected chi connectivity index (χ1v) is 19.8. The second-order valence-corrected chi connectivity index (χ2v) is 15.0. The molecule has 0 aromatic rings. The van der Waals surface area contributed by atoms with E-state index in [2.05, 4.69) is 61.1 Å². The van der Waals surface area contributed by atoms with Crippen LogP contribution in [0, 0.1) is 0 Å². The van der Waals surface area contributed by atoms with Crippen LogP contribution in [0.15, 0.2) is 0 Å². The average molecular weight is 621 g/mol. The molecule has 1 aliphatic rings. The predicted molar refractivity (Wildman–Crippen MR) is 195 cm³/mol. The van der Waals surface area contributed by atoms with Gasteiger partial charge < -0.3 is 9.80 Å². The van der Waals surface area contributed by atoms with Crippen LogP contribution in [0.4, 0.5) is 0 Å². The Balaban J connectivity index is 2.64. The Bertz CT molecular complexity index is 623. The first-order chi connectivity index (χ1) is 21.3. The van der Waals surface area contributed by atoms with E-state index in [4.69, 9.17) is 0 Å². The van der Waals surface area contributed by atoms with Crippen LogP contribution in [0.3, 0.4) is 0 Å². The largest absolute Gasteiger partial charge is 0.339 e. The minimum Gasteiger partial charge on any atom is -0.339 e. The zero-order chi connectivity index (χ0) is 32.3. The van der Waals surface area contributed by atoms with Gasteiger partial charge in [0, 0.05) is 44.8 Å². The molecule has 1 aliphatic heterocycles. The minimum absolute atomic E-state index is 0.187. The maximum absolute atomic E-state index is 13.5. The molecule has 0 saturated carbocycles. The zero-order valence-electron chi connectivity index (χ0n) is 31.1. The molecule has 0 radical (unpaired) electrons. The van der Waals surface area contributed by atoms with Crippen LogP contribution in [0.2, 0.25) is 0 Å². The van der Waals surface area contributed by atoms with Crippen molar-refractivity contribution in [3.05, 3.63) is 0 Å². The molecule has 0 unspecified atom stereocenters. The van der Waals surface area contributed by atoms with Gasteiger partial charge in [-0.3, -0.25) is 14.6 Å². The summed E-state index contributed by atoms with van der Waals surface area (Å²) in [5.41, 5.74) is 0.187. The van der Waals surface area contributed by atoms with Gasteiger partial charge in [0.1, 0.15) is 0 Å². The van der Waals surface area contributed by atoms with Crippen molar-refractivity contribution >= 4 is 5.91 Å². The van der Waals surface area contributed by atoms with E-state index >= 15 is 0 Å². The Hall–Kier alpha value is -0.650. The Kier molecular flexibility index (Phi) is 25.8. The first-order valence-electron chi connectivity index (χ1n) is 19.8. The van der Waals surface area contributed by atoms with E-state index < -0.39 is 0 Å². The van der Waals surface area contributed by atoms with E-state index in [1.807, 2.05) is 0 Å². The smallest absolute Gasteiger partial charge is 0.236 e. The van der Waals surface area contributed by atoms with Gasteiger partial charge in [0.15, 0.2) is 0 Å². The van der Waals surface area contributed by atoms with Gasteiger partial charge in [0.2, 0.25) is 5.91 Å². The van der Waals surface area contributed by atoms with E-state index in [1.54, 1.807) is 0 Å². The van der Waals surface area contributed by atoms with Crippen molar-refractivity contribution in [2.24, 2.45) is 0 Å². The van der Waals surface area contributed by atoms with E-state index in [0.29, 0.717) is 12.5 Å². The van der Waals surface area contributed by atoms with E-state index in [9.17, 15) is 4.79 Å². The molecule has 0 aromatic heterocycles. The third-order valence-corrected chi connectivity index (χ3v) is 9.91. The molecule has 0 aromatic carbocycles. The summed E-state index contributed by atoms with van der Waals surface area (Å²) < 4.78 is 0. The van der Waals surface area contributed by atoms with Crippen LogP contribution in [0.25, 0.3) is 0 Å². The predicted octanol–water partition coefficient (Wildman–Crippen LogP) is 9.78. The summed E-state index contributed by atoms with van der Waals surface area (Å²) in [4.78, 5) is 23.5. The highest BCUT2D eigenvalue weighted by atomic mass is 16.2. The van der Waals surface area contributed by atoms with Crippen LogP contribution in [-0.4, -0.2) is 96.5 Å². The van der Waals surface area contributed by atoms with Crippen molar-refractivity contribution in [2.45, 2.75) is 182 Å². The summed E-state index contributed by atoms with van der Waals surface area (Å²) in [6.45, 7) is 23.8. The third-order valence-electron chi connectivity index (χ3n) is 9.91. The lowest BCUT2D eigenvalue weighted by molar-refractivity contribution is -0.135. The summed E-state index contributed by atoms with van der Waals surface area (Å²) in [7, 11) is 0. The van der Waals surface area contributed by atoms with Crippen LogP contribution < -0.4 is 0 Å². The number of hydrogen-bond donors (Lipinski definition) is 0. The molecule has 0 spiro atoms. The van der Waals surface area contributed by atoms with E-state index in [-0.39, 0.29) is 5.54 Å². The maximum Gasteiger partial charge on any atom is 0.236 e. The fraction of sp³-hybridized carbons (Fsp3) is 0.974. The quantitative estimate of drug-likeness (QED) is 0.0779. The molecule has 1 heterocycles. The number of rotatable bonds is 29. The lowest BCUT2D eigenvalue weighted by Gasteiger charge is -2.42. The lowest BCUT2D eigenvalue weighted by Crippen LogP contribution is -2.56. The van der Waals surface area contributed by atoms with Gasteiger partial charge in [-0.2, -0.15) is 0 Å². The molecule has 44 heavy (non-hydrogen) atoms. The van der Waals surface area contributed by atoms with Crippen LogP contribution in [0.5, 0.6) is 0 Å². The van der Waals surface area contributed by atoms with Crippen LogP contribution >= 0.6 is 0 Å². The number of nitrogens with zero attached hydrogens (tertiary/aromatic N) is 4. The fourth-order valence-electron chi connectivity index (χ4n) is 6.68. The van der Waals surface area contributed by atoms with Gasteiger partial charge in [-0.1, -0.05) is 136 Å². The highest BCUT2D eigenvalue weighted by Gasteiger charge is 2.28. The summed E-state index contributed by atoms with van der Waals surface area (Å²) in [6, 6.07) is 0. The topological polar surface area (TPSA) is 30.0 Å². The van der Waals surface area contributed by atoms with Crippen molar-refractivity contribution in [1.29, 1.82) is 0 Å². The molecule has 1 amide bonds. The van der Waals surface area contributed by atoms with Crippen molar-refractivity contribution in [1.82, 2.24) is 19.6 Å². The highest BCUT2D eigenvalue weighted by Crippen LogP contribution is 2.17. The number of unbranched alkanes of at least 4 members (excludes halogenated alkanes) is 18. The average Bonchev–Trinajstić information content (AvgIpc) is 3.01. The summed E-state index contributed by atoms with van der Waals surface area (Å²) in [6.07, 6.45) is 28.6. The molecule has 1 fully saturated rings. The Morgan fingerprint density at radius 2 is 0.818 bits per heavy atom. The summed E-state index contributed by atoms with van der Waals surface area (Å²) in [5, 5.41) is 0. The van der Waals surface area contributed by atoms with E-state index in [0.717, 1.165) is 45.8 Å². The molecule has 1 rings (SSSR count). The third kappa shape index (κ3) is 22.0. The van der Waals surface area contributed by atoms with Gasteiger partial charge in [-0.15, -0.1) is 0 Å². The van der Waals surface area contributed by atoms with Crippen molar-refractivity contribution in [3.8, 4) is 0 Å². The number of amides is 1. The number of piperazine rings is 1. The van der Waals surface area contributed by atoms with Gasteiger partial charge in [-0.25, -0.2) is 0 Å². The van der Waals surface area contributed by atoms with Crippen molar-refractivity contribution in [2.75, 3.05) is 65.4 Å². The number of carbonyl (C=O) groups is 1. The molecular weight excluding hydrogens is 540 g/mol. The molecule has 5 nitrogen and oxygen atoms in total. The van der Waals surface area contributed by atoms with Gasteiger partial charge in [0.25, 0.3) is 0 Å². The Labute approximate surface area is 277 Å². The SMILES string of the molecule is CCCCCCCCCN(CCCCCCCCC)CCN(CCCCCCCCC)CC(=O)N1CCN(C(C)(C)C)CC1. The van der Waals surface area contributed by atoms with Crippen LogP contribution in [0.1, 0.15) is 176 Å². The molecule has 0 atom stereocenters.